The lowest BCUT2D eigenvalue weighted by molar-refractivity contribution is 0.0882. The van der Waals surface area contributed by atoms with Gasteiger partial charge < -0.3 is 19.9 Å². The van der Waals surface area contributed by atoms with Crippen LogP contribution in [0, 0.1) is 0 Å². The highest BCUT2D eigenvalue weighted by atomic mass is 79.9. The summed E-state index contributed by atoms with van der Waals surface area (Å²) in [6.07, 6.45) is 4.08. The van der Waals surface area contributed by atoms with Crippen LogP contribution in [0.2, 0.25) is 0 Å². The largest absolute Gasteiger partial charge is 0.383 e. The molecule has 0 bridgehead atoms. The van der Waals surface area contributed by atoms with Crippen LogP contribution >= 0.6 is 15.9 Å². The summed E-state index contributed by atoms with van der Waals surface area (Å²) < 4.78 is 8.21. The van der Waals surface area contributed by atoms with Gasteiger partial charge in [0, 0.05) is 30.4 Å². The van der Waals surface area contributed by atoms with Crippen molar-refractivity contribution in [2.45, 2.75) is 38.3 Å². The maximum absolute atomic E-state index is 12.5. The van der Waals surface area contributed by atoms with E-state index >= 15 is 0 Å². The Morgan fingerprint density at radius 3 is 2.95 bits per heavy atom. The smallest absolute Gasteiger partial charge is 0.268 e. The van der Waals surface area contributed by atoms with Gasteiger partial charge in [0.15, 0.2) is 0 Å². The second kappa shape index (κ2) is 6.94. The molecule has 0 aromatic carbocycles. The lowest BCUT2D eigenvalue weighted by Crippen LogP contribution is -2.53. The zero-order valence-corrected chi connectivity index (χ0v) is 14.5. The molecule has 2 N–H and O–H groups in total. The van der Waals surface area contributed by atoms with E-state index in [4.69, 9.17) is 4.74 Å². The first-order valence-electron chi connectivity index (χ1n) is 7.37. The Kier molecular flexibility index (Phi) is 5.46. The quantitative estimate of drug-likeness (QED) is 0.821. The van der Waals surface area contributed by atoms with Crippen LogP contribution in [0.3, 0.4) is 0 Å². The highest BCUT2D eigenvalue weighted by molar-refractivity contribution is 9.10. The summed E-state index contributed by atoms with van der Waals surface area (Å²) in [6, 6.07) is 2.11. The van der Waals surface area contributed by atoms with Crippen molar-refractivity contribution in [1.82, 2.24) is 15.2 Å². The summed E-state index contributed by atoms with van der Waals surface area (Å²) in [5.74, 6) is -0.0430. The van der Waals surface area contributed by atoms with Crippen molar-refractivity contribution in [3.63, 3.8) is 0 Å². The number of halogens is 1. The van der Waals surface area contributed by atoms with Crippen molar-refractivity contribution in [2.75, 3.05) is 26.8 Å². The van der Waals surface area contributed by atoms with Crippen molar-refractivity contribution in [2.24, 2.45) is 0 Å². The van der Waals surface area contributed by atoms with Crippen molar-refractivity contribution >= 4 is 21.8 Å². The zero-order valence-electron chi connectivity index (χ0n) is 12.9. The van der Waals surface area contributed by atoms with Gasteiger partial charge in [0.1, 0.15) is 5.69 Å². The summed E-state index contributed by atoms with van der Waals surface area (Å²) >= 11 is 3.44. The van der Waals surface area contributed by atoms with Gasteiger partial charge in [-0.25, -0.2) is 0 Å². The molecule has 1 aromatic rings. The maximum Gasteiger partial charge on any atom is 0.268 e. The summed E-state index contributed by atoms with van der Waals surface area (Å²) in [4.78, 5) is 12.5. The standard InChI is InChI=1S/C15H24BrN3O2/c1-11(2)19-8-12(16)7-13(19)14(20)17-9-15(10-21-3)5-4-6-18-15/h7-8,11,18H,4-6,9-10H2,1-3H3,(H,17,20). The Balaban J connectivity index is 2.04. The molecular weight excluding hydrogens is 334 g/mol. The summed E-state index contributed by atoms with van der Waals surface area (Å²) in [7, 11) is 1.70. The Morgan fingerprint density at radius 1 is 1.62 bits per heavy atom. The molecule has 6 heteroatoms. The average molecular weight is 358 g/mol. The van der Waals surface area contributed by atoms with Gasteiger partial charge in [0.05, 0.1) is 12.1 Å². The van der Waals surface area contributed by atoms with Crippen LogP contribution in [-0.2, 0) is 4.74 Å². The molecule has 1 aromatic heterocycles. The fourth-order valence-electron chi connectivity index (χ4n) is 2.87. The van der Waals surface area contributed by atoms with Crippen LogP contribution in [0.15, 0.2) is 16.7 Å². The highest BCUT2D eigenvalue weighted by Crippen LogP contribution is 2.21. The Morgan fingerprint density at radius 2 is 2.38 bits per heavy atom. The predicted octanol–water partition coefficient (Wildman–Crippen LogP) is 2.33. The Hall–Kier alpha value is -0.850. The molecule has 0 saturated carbocycles. The predicted molar refractivity (Wildman–Crippen MR) is 86.7 cm³/mol. The van der Waals surface area contributed by atoms with E-state index in [1.54, 1.807) is 7.11 Å². The van der Waals surface area contributed by atoms with E-state index in [1.807, 2.05) is 16.8 Å². The number of hydrogen-bond donors (Lipinski definition) is 2. The first-order chi connectivity index (χ1) is 9.97. The number of rotatable bonds is 6. The van der Waals surface area contributed by atoms with Gasteiger partial charge in [-0.2, -0.15) is 0 Å². The third-order valence-corrected chi connectivity index (χ3v) is 4.38. The first kappa shape index (κ1) is 16.5. The zero-order chi connectivity index (χ0) is 15.5. The van der Waals surface area contributed by atoms with Crippen molar-refractivity contribution in [3.05, 3.63) is 22.4 Å². The SMILES string of the molecule is COCC1(CNC(=O)c2cc(Br)cn2C(C)C)CCCN1. The number of aromatic nitrogens is 1. The second-order valence-corrected chi connectivity index (χ2v) is 6.89. The van der Waals surface area contributed by atoms with Gasteiger partial charge in [-0.3, -0.25) is 4.79 Å². The van der Waals surface area contributed by atoms with Gasteiger partial charge in [-0.1, -0.05) is 0 Å². The third kappa shape index (κ3) is 3.87. The van der Waals surface area contributed by atoms with Crippen LogP contribution in [0.25, 0.3) is 0 Å². The van der Waals surface area contributed by atoms with E-state index in [9.17, 15) is 4.79 Å². The minimum Gasteiger partial charge on any atom is -0.383 e. The van der Waals surface area contributed by atoms with Gasteiger partial charge in [-0.05, 0) is 55.2 Å². The Labute approximate surface area is 134 Å². The van der Waals surface area contributed by atoms with Crippen molar-refractivity contribution in [3.8, 4) is 0 Å². The normalized spacial score (nSPS) is 22.0. The third-order valence-electron chi connectivity index (χ3n) is 3.94. The molecule has 118 valence electrons. The number of carbonyl (C=O) groups excluding carboxylic acids is 1. The van der Waals surface area contributed by atoms with Crippen molar-refractivity contribution in [1.29, 1.82) is 0 Å². The molecule has 1 amide bonds. The number of hydrogen-bond acceptors (Lipinski definition) is 3. The highest BCUT2D eigenvalue weighted by Gasteiger charge is 2.34. The number of nitrogens with one attached hydrogen (secondary N) is 2. The molecule has 0 aliphatic carbocycles. The summed E-state index contributed by atoms with van der Waals surface area (Å²) in [5.41, 5.74) is 0.555. The average Bonchev–Trinajstić information content (AvgIpc) is 3.04. The number of amides is 1. The number of carbonyl (C=O) groups is 1. The molecule has 0 spiro atoms. The maximum atomic E-state index is 12.5. The molecule has 1 unspecified atom stereocenters. The summed E-state index contributed by atoms with van der Waals surface area (Å²) in [6.45, 7) is 6.30. The lowest BCUT2D eigenvalue weighted by atomic mass is 9.98. The van der Waals surface area contributed by atoms with Crippen LogP contribution in [0.5, 0.6) is 0 Å². The van der Waals surface area contributed by atoms with Gasteiger partial charge >= 0.3 is 0 Å². The van der Waals surface area contributed by atoms with E-state index in [0.29, 0.717) is 18.8 Å². The van der Waals surface area contributed by atoms with Gasteiger partial charge in [0.2, 0.25) is 0 Å². The van der Waals surface area contributed by atoms with Crippen LogP contribution in [0.4, 0.5) is 0 Å². The van der Waals surface area contributed by atoms with Gasteiger partial charge in [-0.15, -0.1) is 0 Å². The van der Waals surface area contributed by atoms with E-state index in [1.165, 1.54) is 0 Å². The second-order valence-electron chi connectivity index (χ2n) is 5.97. The molecule has 1 aliphatic heterocycles. The molecular formula is C15H24BrN3O2. The summed E-state index contributed by atoms with van der Waals surface area (Å²) in [5, 5.41) is 6.52. The number of nitrogens with zero attached hydrogens (tertiary/aromatic N) is 1. The monoisotopic (exact) mass is 357 g/mol. The van der Waals surface area contributed by atoms with E-state index in [0.717, 1.165) is 23.9 Å². The van der Waals surface area contributed by atoms with E-state index in [-0.39, 0.29) is 17.5 Å². The van der Waals surface area contributed by atoms with Crippen LogP contribution in [-0.4, -0.2) is 42.8 Å². The molecule has 5 nitrogen and oxygen atoms in total. The van der Waals surface area contributed by atoms with Crippen molar-refractivity contribution < 1.29 is 9.53 Å². The van der Waals surface area contributed by atoms with E-state index < -0.39 is 0 Å². The molecule has 1 atom stereocenters. The molecule has 1 saturated heterocycles. The molecule has 0 radical (unpaired) electrons. The van der Waals surface area contributed by atoms with Gasteiger partial charge in [0.25, 0.3) is 5.91 Å². The topological polar surface area (TPSA) is 55.3 Å². The van der Waals surface area contributed by atoms with E-state index in [2.05, 4.69) is 40.4 Å². The molecule has 2 rings (SSSR count). The fraction of sp³-hybridized carbons (Fsp3) is 0.667. The first-order valence-corrected chi connectivity index (χ1v) is 8.16. The number of methoxy groups -OCH3 is 1. The number of ether oxygens (including phenoxy) is 1. The fourth-order valence-corrected chi connectivity index (χ4v) is 3.30. The molecule has 21 heavy (non-hydrogen) atoms. The molecule has 2 heterocycles. The molecule has 1 aliphatic rings. The minimum absolute atomic E-state index is 0.0430. The lowest BCUT2D eigenvalue weighted by Gasteiger charge is -2.29. The molecule has 1 fully saturated rings. The Bertz CT molecular complexity index is 493. The van der Waals surface area contributed by atoms with Crippen LogP contribution in [0.1, 0.15) is 43.2 Å². The van der Waals surface area contributed by atoms with Crippen LogP contribution < -0.4 is 10.6 Å². The minimum atomic E-state index is -0.128.